The van der Waals surface area contributed by atoms with E-state index in [1.165, 1.54) is 6.08 Å². The largest absolute Gasteiger partial charge is 0.492 e. The number of rotatable bonds is 12. The summed E-state index contributed by atoms with van der Waals surface area (Å²) in [5.74, 6) is 0.229. The van der Waals surface area contributed by atoms with Crippen LogP contribution < -0.4 is 15.4 Å². The van der Waals surface area contributed by atoms with Gasteiger partial charge in [0.2, 0.25) is 5.91 Å². The van der Waals surface area contributed by atoms with E-state index in [1.807, 2.05) is 86.4 Å². The van der Waals surface area contributed by atoms with E-state index >= 15 is 0 Å². The maximum atomic E-state index is 13.0. The number of nitrogens with zero attached hydrogens (tertiary/aromatic N) is 6. The number of nitriles is 1. The van der Waals surface area contributed by atoms with Crippen molar-refractivity contribution in [2.24, 2.45) is 0 Å². The van der Waals surface area contributed by atoms with Gasteiger partial charge in [0.05, 0.1) is 71.8 Å². The molecule has 0 bridgehead atoms. The Labute approximate surface area is 267 Å². The number of carbonyl (C=O) groups is 1. The molecule has 1 amide bonds. The van der Waals surface area contributed by atoms with E-state index in [2.05, 4.69) is 26.6 Å². The van der Waals surface area contributed by atoms with Crippen molar-refractivity contribution in [3.63, 3.8) is 0 Å². The van der Waals surface area contributed by atoms with Crippen LogP contribution in [-0.4, -0.2) is 70.0 Å². The fourth-order valence-electron chi connectivity index (χ4n) is 5.39. The second-order valence-corrected chi connectivity index (χ2v) is 11.1. The van der Waals surface area contributed by atoms with Crippen molar-refractivity contribution < 1.29 is 14.3 Å². The standard InChI is InChI=1S/C35H36N8O3/c1-4-29-28(18-36)35(38-24-11-12-30-23(15-24)19-43(41-30)20-25-9-6-7-13-37-25)27-16-32(33(46-5-2)17-31(27)39-29)40-34(44)10-8-14-42(3)26-21-45-22-26/h6-13,15-17,19,26H,4-5,14,20-22H2,1-3H3,(H,38,39)(H,40,44)/b10-8+. The first-order valence-corrected chi connectivity index (χ1v) is 15.4. The van der Waals surface area contributed by atoms with Crippen LogP contribution in [0.2, 0.25) is 0 Å². The molecule has 0 radical (unpaired) electrons. The highest BCUT2D eigenvalue weighted by molar-refractivity contribution is 6.05. The van der Waals surface area contributed by atoms with Crippen molar-refractivity contribution >= 4 is 44.8 Å². The molecule has 0 saturated carbocycles. The average molecular weight is 617 g/mol. The van der Waals surface area contributed by atoms with Crippen LogP contribution in [0.15, 0.2) is 73.1 Å². The van der Waals surface area contributed by atoms with Gasteiger partial charge in [-0.05, 0) is 56.8 Å². The molecule has 0 aliphatic carbocycles. The molecule has 11 heteroatoms. The number of aromatic nitrogens is 4. The molecule has 1 fully saturated rings. The lowest BCUT2D eigenvalue weighted by Gasteiger charge is -2.33. The number of fused-ring (bicyclic) bond motifs is 2. The number of likely N-dealkylation sites (N-methyl/N-ethyl adjacent to an activating group) is 1. The minimum absolute atomic E-state index is 0.278. The van der Waals surface area contributed by atoms with Crippen LogP contribution >= 0.6 is 0 Å². The summed E-state index contributed by atoms with van der Waals surface area (Å²) >= 11 is 0. The fourth-order valence-corrected chi connectivity index (χ4v) is 5.39. The predicted molar refractivity (Wildman–Crippen MR) is 178 cm³/mol. The van der Waals surface area contributed by atoms with Crippen LogP contribution in [0.5, 0.6) is 5.75 Å². The van der Waals surface area contributed by atoms with E-state index in [0.717, 1.165) is 22.3 Å². The number of anilines is 3. The number of amides is 1. The predicted octanol–water partition coefficient (Wildman–Crippen LogP) is 5.43. The second kappa shape index (κ2) is 13.8. The third-order valence-electron chi connectivity index (χ3n) is 7.94. The highest BCUT2D eigenvalue weighted by Crippen LogP contribution is 2.38. The van der Waals surface area contributed by atoms with Gasteiger partial charge in [-0.25, -0.2) is 0 Å². The average Bonchev–Trinajstić information content (AvgIpc) is 3.42. The summed E-state index contributed by atoms with van der Waals surface area (Å²) in [6.07, 6.45) is 7.68. The number of ether oxygens (including phenoxy) is 2. The molecule has 2 N–H and O–H groups in total. The first-order chi connectivity index (χ1) is 22.4. The van der Waals surface area contributed by atoms with Crippen LogP contribution in [0.25, 0.3) is 21.8 Å². The molecule has 3 aromatic heterocycles. The monoisotopic (exact) mass is 616 g/mol. The number of nitrogens with one attached hydrogen (secondary N) is 2. The summed E-state index contributed by atoms with van der Waals surface area (Å²) in [4.78, 5) is 24.4. The Morgan fingerprint density at radius 2 is 2.07 bits per heavy atom. The van der Waals surface area contributed by atoms with E-state index in [-0.39, 0.29) is 5.91 Å². The molecule has 0 atom stereocenters. The van der Waals surface area contributed by atoms with Crippen LogP contribution in [0, 0.1) is 11.3 Å². The Hall–Kier alpha value is -5.31. The first kappa shape index (κ1) is 30.7. The molecule has 2 aromatic carbocycles. The lowest BCUT2D eigenvalue weighted by molar-refractivity contribution is -0.112. The van der Waals surface area contributed by atoms with Gasteiger partial charge in [0.1, 0.15) is 11.8 Å². The van der Waals surface area contributed by atoms with Gasteiger partial charge in [0.25, 0.3) is 0 Å². The molecule has 1 aliphatic heterocycles. The molecule has 4 heterocycles. The molecule has 5 aromatic rings. The van der Waals surface area contributed by atoms with E-state index < -0.39 is 0 Å². The summed E-state index contributed by atoms with van der Waals surface area (Å²) in [7, 11) is 2.01. The zero-order valence-corrected chi connectivity index (χ0v) is 26.2. The van der Waals surface area contributed by atoms with E-state index in [0.29, 0.717) is 84.7 Å². The van der Waals surface area contributed by atoms with Gasteiger partial charge in [-0.3, -0.25) is 24.3 Å². The number of aryl methyl sites for hydroxylation is 1. The number of hydrogen-bond acceptors (Lipinski definition) is 9. The van der Waals surface area contributed by atoms with Crippen LogP contribution in [0.3, 0.4) is 0 Å². The van der Waals surface area contributed by atoms with E-state index in [9.17, 15) is 10.1 Å². The SMILES string of the molecule is CCOc1cc2nc(CC)c(C#N)c(Nc3ccc4nn(Cc5ccccn5)cc4c3)c2cc1NC(=O)/C=C/CN(C)C1COC1. The van der Waals surface area contributed by atoms with Crippen LogP contribution in [0.1, 0.15) is 30.8 Å². The number of pyridine rings is 2. The zero-order chi connectivity index (χ0) is 32.0. The lowest BCUT2D eigenvalue weighted by atomic mass is 10.0. The Morgan fingerprint density at radius 1 is 1.20 bits per heavy atom. The van der Waals surface area contributed by atoms with Gasteiger partial charge < -0.3 is 20.1 Å². The summed E-state index contributed by atoms with van der Waals surface area (Å²) in [5, 5.41) is 23.1. The van der Waals surface area contributed by atoms with Crippen molar-refractivity contribution in [1.29, 1.82) is 5.26 Å². The molecular formula is C35H36N8O3. The van der Waals surface area contributed by atoms with Gasteiger partial charge in [-0.1, -0.05) is 19.1 Å². The normalized spacial score (nSPS) is 13.3. The highest BCUT2D eigenvalue weighted by Gasteiger charge is 2.22. The van der Waals surface area contributed by atoms with Crippen molar-refractivity contribution in [3.05, 3.63) is 90.0 Å². The molecule has 0 spiro atoms. The second-order valence-electron chi connectivity index (χ2n) is 11.1. The van der Waals surface area contributed by atoms with Crippen molar-refractivity contribution in [2.45, 2.75) is 32.9 Å². The third-order valence-corrected chi connectivity index (χ3v) is 7.94. The van der Waals surface area contributed by atoms with Gasteiger partial charge in [-0.2, -0.15) is 10.4 Å². The maximum Gasteiger partial charge on any atom is 0.248 e. The third kappa shape index (κ3) is 6.68. The lowest BCUT2D eigenvalue weighted by Crippen LogP contribution is -2.46. The molecule has 46 heavy (non-hydrogen) atoms. The number of carbonyl (C=O) groups excluding carboxylic acids is 1. The van der Waals surface area contributed by atoms with Gasteiger partial charge >= 0.3 is 0 Å². The van der Waals surface area contributed by atoms with Gasteiger partial charge in [0.15, 0.2) is 0 Å². The van der Waals surface area contributed by atoms with Crippen molar-refractivity contribution in [3.8, 4) is 11.8 Å². The number of hydrogen-bond donors (Lipinski definition) is 2. The Kier molecular flexibility index (Phi) is 9.19. The minimum atomic E-state index is -0.278. The van der Waals surface area contributed by atoms with Gasteiger partial charge in [0, 0.05) is 47.5 Å². The van der Waals surface area contributed by atoms with E-state index in [1.54, 1.807) is 6.20 Å². The Balaban J connectivity index is 1.33. The molecule has 11 nitrogen and oxygen atoms in total. The molecular weight excluding hydrogens is 580 g/mol. The summed E-state index contributed by atoms with van der Waals surface area (Å²) < 4.78 is 13.0. The van der Waals surface area contributed by atoms with Crippen molar-refractivity contribution in [2.75, 3.05) is 44.0 Å². The smallest absolute Gasteiger partial charge is 0.248 e. The first-order valence-electron chi connectivity index (χ1n) is 15.4. The van der Waals surface area contributed by atoms with E-state index in [4.69, 9.17) is 19.6 Å². The summed E-state index contributed by atoms with van der Waals surface area (Å²) in [6, 6.07) is 18.1. The van der Waals surface area contributed by atoms with Gasteiger partial charge in [-0.15, -0.1) is 0 Å². The Bertz CT molecular complexity index is 1940. The summed E-state index contributed by atoms with van der Waals surface area (Å²) in [5.41, 5.74) is 5.45. The minimum Gasteiger partial charge on any atom is -0.492 e. The molecule has 1 saturated heterocycles. The molecule has 6 rings (SSSR count). The molecule has 0 unspecified atom stereocenters. The van der Waals surface area contributed by atoms with Crippen molar-refractivity contribution in [1.82, 2.24) is 24.6 Å². The van der Waals surface area contributed by atoms with Crippen LogP contribution in [0.4, 0.5) is 17.1 Å². The quantitative estimate of drug-likeness (QED) is 0.176. The highest BCUT2D eigenvalue weighted by atomic mass is 16.5. The topological polar surface area (TPSA) is 130 Å². The molecule has 234 valence electrons. The zero-order valence-electron chi connectivity index (χ0n) is 26.2. The Morgan fingerprint density at radius 3 is 2.78 bits per heavy atom. The van der Waals surface area contributed by atoms with Crippen LogP contribution in [-0.2, 0) is 22.5 Å². The molecule has 1 aliphatic rings. The number of benzene rings is 2. The maximum absolute atomic E-state index is 13.0. The summed E-state index contributed by atoms with van der Waals surface area (Å²) in [6.45, 7) is 6.89. The fraction of sp³-hybridized carbons (Fsp3) is 0.286.